The normalized spacial score (nSPS) is 13.4. The predicted octanol–water partition coefficient (Wildman–Crippen LogP) is 2.76. The van der Waals surface area contributed by atoms with Crippen LogP contribution in [0.1, 0.15) is 12.5 Å². The highest BCUT2D eigenvalue weighted by molar-refractivity contribution is 5.92. The molecule has 2 heterocycles. The van der Waals surface area contributed by atoms with Gasteiger partial charge in [0, 0.05) is 18.0 Å². The van der Waals surface area contributed by atoms with E-state index >= 15 is 0 Å². The van der Waals surface area contributed by atoms with Gasteiger partial charge in [-0.1, -0.05) is 0 Å². The lowest BCUT2D eigenvalue weighted by Crippen LogP contribution is -2.30. The van der Waals surface area contributed by atoms with Crippen molar-refractivity contribution in [3.05, 3.63) is 29.8 Å². The number of hydrogen-bond donors (Lipinski definition) is 0. The van der Waals surface area contributed by atoms with Crippen molar-refractivity contribution in [2.45, 2.75) is 13.3 Å². The molecule has 2 aromatic rings. The summed E-state index contributed by atoms with van der Waals surface area (Å²) in [5.74, 6) is 1.45. The van der Waals surface area contributed by atoms with Gasteiger partial charge in [-0.3, -0.25) is 4.90 Å². The first-order valence-electron chi connectivity index (χ1n) is 6.65. The Morgan fingerprint density at radius 3 is 3.00 bits per heavy atom. The van der Waals surface area contributed by atoms with Crippen LogP contribution in [0.2, 0.25) is 0 Å². The van der Waals surface area contributed by atoms with Gasteiger partial charge >= 0.3 is 6.09 Å². The lowest BCUT2D eigenvalue weighted by atomic mass is 10.1. The quantitative estimate of drug-likeness (QED) is 0.843. The second-order valence-electron chi connectivity index (χ2n) is 4.63. The maximum Gasteiger partial charge on any atom is 0.415 e. The van der Waals surface area contributed by atoms with E-state index in [1.54, 1.807) is 18.9 Å². The molecule has 5 heteroatoms. The summed E-state index contributed by atoms with van der Waals surface area (Å²) in [4.78, 5) is 18.1. The number of rotatable bonds is 2. The van der Waals surface area contributed by atoms with Crippen molar-refractivity contribution in [1.29, 1.82) is 0 Å². The fourth-order valence-corrected chi connectivity index (χ4v) is 2.44. The van der Waals surface area contributed by atoms with Crippen LogP contribution in [0.15, 0.2) is 24.3 Å². The highest BCUT2D eigenvalue weighted by Crippen LogP contribution is 2.31. The zero-order chi connectivity index (χ0) is 14.1. The topological polar surface area (TPSA) is 51.7 Å². The molecule has 0 radical (unpaired) electrons. The van der Waals surface area contributed by atoms with Crippen molar-refractivity contribution in [2.75, 3.05) is 25.2 Å². The van der Waals surface area contributed by atoms with E-state index < -0.39 is 0 Å². The monoisotopic (exact) mass is 272 g/mol. The third-order valence-electron chi connectivity index (χ3n) is 3.43. The molecule has 1 aliphatic rings. The molecule has 1 aromatic carbocycles. The number of hydrogen-bond acceptors (Lipinski definition) is 4. The molecule has 0 atom stereocenters. The van der Waals surface area contributed by atoms with Crippen molar-refractivity contribution in [3.63, 3.8) is 0 Å². The number of nitrogens with zero attached hydrogens (tertiary/aromatic N) is 2. The van der Waals surface area contributed by atoms with E-state index in [9.17, 15) is 4.79 Å². The number of carbonyl (C=O) groups is 1. The van der Waals surface area contributed by atoms with Crippen LogP contribution >= 0.6 is 0 Å². The van der Waals surface area contributed by atoms with E-state index in [0.717, 1.165) is 28.6 Å². The highest BCUT2D eigenvalue weighted by Gasteiger charge is 2.27. The Morgan fingerprint density at radius 2 is 2.25 bits per heavy atom. The zero-order valence-electron chi connectivity index (χ0n) is 11.5. The second kappa shape index (κ2) is 5.00. The summed E-state index contributed by atoms with van der Waals surface area (Å²) in [5.41, 5.74) is 1.90. The van der Waals surface area contributed by atoms with Crippen LogP contribution in [0, 0.1) is 0 Å². The lowest BCUT2D eigenvalue weighted by molar-refractivity contribution is 0.160. The van der Waals surface area contributed by atoms with Crippen molar-refractivity contribution in [1.82, 2.24) is 4.98 Å². The average molecular weight is 272 g/mol. The fraction of sp³-hybridized carbons (Fsp3) is 0.333. The first-order valence-corrected chi connectivity index (χ1v) is 6.65. The Bertz CT molecular complexity index is 669. The van der Waals surface area contributed by atoms with Gasteiger partial charge in [-0.15, -0.1) is 0 Å². The first kappa shape index (κ1) is 12.7. The molecule has 0 fully saturated rings. The number of carbonyl (C=O) groups excluding carboxylic acids is 1. The zero-order valence-corrected chi connectivity index (χ0v) is 11.5. The number of methoxy groups -OCH3 is 1. The molecule has 0 aliphatic carbocycles. The fourth-order valence-electron chi connectivity index (χ4n) is 2.44. The SMILES string of the molecule is CCOC(=O)N1CCc2cc3ccc(OC)cc3nc21. The summed E-state index contributed by atoms with van der Waals surface area (Å²) in [5, 5.41) is 1.05. The summed E-state index contributed by atoms with van der Waals surface area (Å²) in [6, 6.07) is 7.84. The number of pyridine rings is 1. The summed E-state index contributed by atoms with van der Waals surface area (Å²) < 4.78 is 10.3. The van der Waals surface area contributed by atoms with Gasteiger partial charge in [-0.2, -0.15) is 0 Å². The van der Waals surface area contributed by atoms with Gasteiger partial charge in [-0.05, 0) is 37.1 Å². The number of amides is 1. The molecule has 0 spiro atoms. The molecule has 3 rings (SSSR count). The van der Waals surface area contributed by atoms with E-state index in [1.165, 1.54) is 0 Å². The second-order valence-corrected chi connectivity index (χ2v) is 4.63. The largest absolute Gasteiger partial charge is 0.497 e. The summed E-state index contributed by atoms with van der Waals surface area (Å²) in [6.45, 7) is 2.79. The molecular weight excluding hydrogens is 256 g/mol. The smallest absolute Gasteiger partial charge is 0.415 e. The van der Waals surface area contributed by atoms with Crippen molar-refractivity contribution >= 4 is 22.8 Å². The van der Waals surface area contributed by atoms with Crippen LogP contribution in [0.5, 0.6) is 5.75 Å². The molecule has 0 saturated carbocycles. The Labute approximate surface area is 117 Å². The highest BCUT2D eigenvalue weighted by atomic mass is 16.6. The standard InChI is InChI=1S/C15H16N2O3/c1-3-20-15(18)17-7-6-11-8-10-4-5-12(19-2)9-13(10)16-14(11)17/h4-5,8-9H,3,6-7H2,1-2H3. The van der Waals surface area contributed by atoms with E-state index in [0.29, 0.717) is 19.0 Å². The Kier molecular flexibility index (Phi) is 3.18. The van der Waals surface area contributed by atoms with Gasteiger partial charge in [-0.25, -0.2) is 9.78 Å². The molecular formula is C15H16N2O3. The Morgan fingerprint density at radius 1 is 1.40 bits per heavy atom. The third kappa shape index (κ3) is 2.05. The molecule has 104 valence electrons. The average Bonchev–Trinajstić information content (AvgIpc) is 2.87. The Hall–Kier alpha value is -2.30. The van der Waals surface area contributed by atoms with Crippen molar-refractivity contribution < 1.29 is 14.3 Å². The molecule has 1 aromatic heterocycles. The maximum atomic E-state index is 11.9. The third-order valence-corrected chi connectivity index (χ3v) is 3.43. The van der Waals surface area contributed by atoms with Gasteiger partial charge in [0.15, 0.2) is 0 Å². The van der Waals surface area contributed by atoms with Crippen LogP contribution in [0.4, 0.5) is 10.6 Å². The summed E-state index contributed by atoms with van der Waals surface area (Å²) >= 11 is 0. The van der Waals surface area contributed by atoms with E-state index in [4.69, 9.17) is 9.47 Å². The van der Waals surface area contributed by atoms with Crippen molar-refractivity contribution in [3.8, 4) is 5.75 Å². The van der Waals surface area contributed by atoms with Gasteiger partial charge in [0.1, 0.15) is 11.6 Å². The van der Waals surface area contributed by atoms with Crippen LogP contribution in [-0.2, 0) is 11.2 Å². The number of aromatic nitrogens is 1. The van der Waals surface area contributed by atoms with Gasteiger partial charge in [0.2, 0.25) is 0 Å². The minimum absolute atomic E-state index is 0.332. The number of fused-ring (bicyclic) bond motifs is 2. The van der Waals surface area contributed by atoms with Gasteiger partial charge in [0.25, 0.3) is 0 Å². The van der Waals surface area contributed by atoms with E-state index in [2.05, 4.69) is 11.1 Å². The molecule has 0 unspecified atom stereocenters. The summed E-state index contributed by atoms with van der Waals surface area (Å²) in [6.07, 6.45) is 0.476. The predicted molar refractivity (Wildman–Crippen MR) is 76.4 cm³/mol. The lowest BCUT2D eigenvalue weighted by Gasteiger charge is -2.15. The molecule has 0 N–H and O–H groups in total. The van der Waals surface area contributed by atoms with Crippen LogP contribution in [0.3, 0.4) is 0 Å². The maximum absolute atomic E-state index is 11.9. The van der Waals surface area contributed by atoms with Gasteiger partial charge < -0.3 is 9.47 Å². The molecule has 1 amide bonds. The minimum atomic E-state index is -0.332. The molecule has 0 bridgehead atoms. The van der Waals surface area contributed by atoms with Crippen LogP contribution in [0.25, 0.3) is 10.9 Å². The summed E-state index contributed by atoms with van der Waals surface area (Å²) in [7, 11) is 1.62. The molecule has 1 aliphatic heterocycles. The Balaban J connectivity index is 2.05. The number of ether oxygens (including phenoxy) is 2. The molecule has 20 heavy (non-hydrogen) atoms. The first-order chi connectivity index (χ1) is 9.72. The number of benzene rings is 1. The van der Waals surface area contributed by atoms with Crippen LogP contribution < -0.4 is 9.64 Å². The van der Waals surface area contributed by atoms with Gasteiger partial charge in [0.05, 0.1) is 19.2 Å². The van der Waals surface area contributed by atoms with Crippen molar-refractivity contribution in [2.24, 2.45) is 0 Å². The van der Waals surface area contributed by atoms with E-state index in [-0.39, 0.29) is 6.09 Å². The molecule has 5 nitrogen and oxygen atoms in total. The molecule has 0 saturated heterocycles. The number of anilines is 1. The van der Waals surface area contributed by atoms with Crippen LogP contribution in [-0.4, -0.2) is 31.3 Å². The van der Waals surface area contributed by atoms with E-state index in [1.807, 2.05) is 18.2 Å². The minimum Gasteiger partial charge on any atom is -0.497 e.